The Morgan fingerprint density at radius 1 is 0.689 bits per heavy atom. The molecular weight excluding hydrogens is 583 g/mol. The van der Waals surface area contributed by atoms with Gasteiger partial charge in [0.2, 0.25) is 0 Å². The summed E-state index contributed by atoms with van der Waals surface area (Å²) in [6, 6.07) is 19.9. The SMILES string of the molecule is CC1(COCCCCOC(=O)c2ccc(N=Nc3ccc(OCCOCCOCCOc4ccc(F)cc4)cc3)cc2)COC1. The number of carbonyl (C=O) groups excluding carboxylic acids is 1. The van der Waals surface area contributed by atoms with Crippen molar-refractivity contribution in [2.75, 3.05) is 72.7 Å². The number of hydrogen-bond donors (Lipinski definition) is 0. The molecule has 0 aromatic heterocycles. The van der Waals surface area contributed by atoms with Crippen LogP contribution < -0.4 is 9.47 Å². The van der Waals surface area contributed by atoms with Gasteiger partial charge in [-0.15, -0.1) is 0 Å². The summed E-state index contributed by atoms with van der Waals surface area (Å²) in [5.41, 5.74) is 1.91. The lowest BCUT2D eigenvalue weighted by molar-refractivity contribution is -0.138. The van der Waals surface area contributed by atoms with Crippen LogP contribution in [-0.4, -0.2) is 78.6 Å². The molecule has 1 heterocycles. The normalized spacial score (nSPS) is 13.8. The third kappa shape index (κ3) is 12.9. The highest BCUT2D eigenvalue weighted by atomic mass is 19.1. The Kier molecular flexibility index (Phi) is 14.2. The van der Waals surface area contributed by atoms with Crippen molar-refractivity contribution in [3.05, 3.63) is 84.2 Å². The Hall–Kier alpha value is -3.90. The van der Waals surface area contributed by atoms with Crippen molar-refractivity contribution in [1.82, 2.24) is 0 Å². The first-order valence-electron chi connectivity index (χ1n) is 15.1. The number of hydrogen-bond acceptors (Lipinski definition) is 10. The minimum absolute atomic E-state index is 0.153. The molecule has 11 heteroatoms. The second-order valence-electron chi connectivity index (χ2n) is 10.8. The summed E-state index contributed by atoms with van der Waals surface area (Å²) in [7, 11) is 0. The second-order valence-corrected chi connectivity index (χ2v) is 10.8. The Bertz CT molecular complexity index is 1300. The number of halogens is 1. The highest BCUT2D eigenvalue weighted by molar-refractivity contribution is 5.89. The predicted octanol–water partition coefficient (Wildman–Crippen LogP) is 6.72. The van der Waals surface area contributed by atoms with Crippen molar-refractivity contribution in [1.29, 1.82) is 0 Å². The van der Waals surface area contributed by atoms with Crippen molar-refractivity contribution >= 4 is 17.3 Å². The van der Waals surface area contributed by atoms with Gasteiger partial charge >= 0.3 is 5.97 Å². The smallest absolute Gasteiger partial charge is 0.338 e. The van der Waals surface area contributed by atoms with E-state index in [1.165, 1.54) is 12.1 Å². The van der Waals surface area contributed by atoms with Gasteiger partial charge in [0.15, 0.2) is 0 Å². The van der Waals surface area contributed by atoms with Crippen molar-refractivity contribution in [2.24, 2.45) is 15.6 Å². The van der Waals surface area contributed by atoms with Gasteiger partial charge in [0, 0.05) is 12.0 Å². The van der Waals surface area contributed by atoms with Gasteiger partial charge in [-0.1, -0.05) is 6.92 Å². The van der Waals surface area contributed by atoms with Crippen molar-refractivity contribution < 1.29 is 42.3 Å². The summed E-state index contributed by atoms with van der Waals surface area (Å²) in [6.45, 7) is 7.84. The van der Waals surface area contributed by atoms with Gasteiger partial charge < -0.3 is 33.2 Å². The molecule has 242 valence electrons. The molecule has 4 rings (SSSR count). The summed E-state index contributed by atoms with van der Waals surface area (Å²) >= 11 is 0. The fourth-order valence-electron chi connectivity index (χ4n) is 4.09. The van der Waals surface area contributed by atoms with E-state index >= 15 is 0 Å². The van der Waals surface area contributed by atoms with E-state index in [4.69, 9.17) is 33.2 Å². The third-order valence-corrected chi connectivity index (χ3v) is 6.67. The van der Waals surface area contributed by atoms with E-state index in [9.17, 15) is 9.18 Å². The van der Waals surface area contributed by atoms with Gasteiger partial charge in [-0.2, -0.15) is 10.2 Å². The lowest BCUT2D eigenvalue weighted by Gasteiger charge is -2.37. The van der Waals surface area contributed by atoms with Gasteiger partial charge in [-0.3, -0.25) is 0 Å². The fraction of sp³-hybridized carbons (Fsp3) is 0.441. The van der Waals surface area contributed by atoms with E-state index < -0.39 is 0 Å². The van der Waals surface area contributed by atoms with Crippen LogP contribution in [0.5, 0.6) is 11.5 Å². The first-order chi connectivity index (χ1) is 22.0. The van der Waals surface area contributed by atoms with Crippen LogP contribution >= 0.6 is 0 Å². The Morgan fingerprint density at radius 2 is 1.20 bits per heavy atom. The number of esters is 1. The zero-order valence-corrected chi connectivity index (χ0v) is 25.7. The van der Waals surface area contributed by atoms with Crippen LogP contribution in [0.2, 0.25) is 0 Å². The van der Waals surface area contributed by atoms with Gasteiger partial charge in [0.25, 0.3) is 0 Å². The van der Waals surface area contributed by atoms with E-state index in [-0.39, 0.29) is 17.2 Å². The Balaban J connectivity index is 1.01. The van der Waals surface area contributed by atoms with Crippen LogP contribution in [-0.2, 0) is 23.7 Å². The van der Waals surface area contributed by atoms with Gasteiger partial charge in [0.05, 0.1) is 69.8 Å². The number of unbranched alkanes of at least 4 members (excludes halogenated alkanes) is 1. The predicted molar refractivity (Wildman–Crippen MR) is 165 cm³/mol. The molecule has 1 aliphatic heterocycles. The summed E-state index contributed by atoms with van der Waals surface area (Å²) in [5.74, 6) is 0.636. The first kappa shape index (κ1) is 34.0. The average molecular weight is 625 g/mol. The molecule has 0 radical (unpaired) electrons. The minimum Gasteiger partial charge on any atom is -0.491 e. The van der Waals surface area contributed by atoms with E-state index in [1.807, 2.05) is 12.1 Å². The number of rotatable bonds is 21. The molecule has 0 amide bonds. The topological polar surface area (TPSA) is 106 Å². The van der Waals surface area contributed by atoms with Crippen molar-refractivity contribution in [3.63, 3.8) is 0 Å². The lowest BCUT2D eigenvalue weighted by Crippen LogP contribution is -2.43. The zero-order valence-electron chi connectivity index (χ0n) is 25.7. The average Bonchev–Trinajstić information content (AvgIpc) is 3.05. The van der Waals surface area contributed by atoms with Gasteiger partial charge in [-0.25, -0.2) is 9.18 Å². The maximum absolute atomic E-state index is 12.9. The molecule has 0 atom stereocenters. The largest absolute Gasteiger partial charge is 0.491 e. The summed E-state index contributed by atoms with van der Waals surface area (Å²) in [4.78, 5) is 12.3. The highest BCUT2D eigenvalue weighted by Crippen LogP contribution is 2.26. The Labute approximate surface area is 263 Å². The van der Waals surface area contributed by atoms with Crippen LogP contribution in [0.25, 0.3) is 0 Å². The molecule has 0 unspecified atom stereocenters. The lowest BCUT2D eigenvalue weighted by atomic mass is 9.90. The van der Waals surface area contributed by atoms with E-state index in [2.05, 4.69) is 17.2 Å². The van der Waals surface area contributed by atoms with E-state index in [0.29, 0.717) is 87.9 Å². The highest BCUT2D eigenvalue weighted by Gasteiger charge is 2.33. The summed E-state index contributed by atoms with van der Waals surface area (Å²) in [5, 5.41) is 8.48. The molecule has 3 aromatic carbocycles. The van der Waals surface area contributed by atoms with Crippen LogP contribution in [0.1, 0.15) is 30.1 Å². The minimum atomic E-state index is -0.363. The maximum Gasteiger partial charge on any atom is 0.338 e. The molecule has 0 bridgehead atoms. The molecule has 10 nitrogen and oxygen atoms in total. The number of benzene rings is 3. The monoisotopic (exact) mass is 624 g/mol. The number of azo groups is 1. The molecule has 0 aliphatic carbocycles. The quantitative estimate of drug-likeness (QED) is 0.0731. The van der Waals surface area contributed by atoms with Crippen molar-refractivity contribution in [3.8, 4) is 11.5 Å². The number of carbonyl (C=O) groups is 1. The molecule has 45 heavy (non-hydrogen) atoms. The van der Waals surface area contributed by atoms with E-state index in [0.717, 1.165) is 26.1 Å². The molecule has 1 aliphatic rings. The second kappa shape index (κ2) is 18.8. The zero-order chi connectivity index (χ0) is 31.6. The third-order valence-electron chi connectivity index (χ3n) is 6.67. The number of nitrogens with zero attached hydrogens (tertiary/aromatic N) is 2. The van der Waals surface area contributed by atoms with Crippen LogP contribution in [0.3, 0.4) is 0 Å². The summed E-state index contributed by atoms with van der Waals surface area (Å²) in [6.07, 6.45) is 1.58. The molecule has 0 N–H and O–H groups in total. The summed E-state index contributed by atoms with van der Waals surface area (Å²) < 4.78 is 51.3. The van der Waals surface area contributed by atoms with E-state index in [1.54, 1.807) is 48.5 Å². The van der Waals surface area contributed by atoms with Gasteiger partial charge in [-0.05, 0) is 85.6 Å². The van der Waals surface area contributed by atoms with Crippen LogP contribution in [0.4, 0.5) is 15.8 Å². The van der Waals surface area contributed by atoms with Crippen LogP contribution in [0, 0.1) is 11.2 Å². The molecule has 3 aromatic rings. The molecule has 0 spiro atoms. The van der Waals surface area contributed by atoms with Crippen molar-refractivity contribution in [2.45, 2.75) is 19.8 Å². The molecule has 1 fully saturated rings. The Morgan fingerprint density at radius 3 is 1.76 bits per heavy atom. The standard InChI is InChI=1S/C34H41FN2O8/c1-34(25-42-26-34)24-41-16-2-3-17-45-33(38)27-4-8-29(9-5-27)36-37-30-10-14-32(15-11-30)44-23-21-40-19-18-39-20-22-43-31-12-6-28(35)7-13-31/h4-15H,2-3,16-26H2,1H3. The van der Waals surface area contributed by atoms with Gasteiger partial charge in [0.1, 0.15) is 30.5 Å². The molecule has 0 saturated carbocycles. The first-order valence-corrected chi connectivity index (χ1v) is 15.1. The van der Waals surface area contributed by atoms with Crippen LogP contribution in [0.15, 0.2) is 83.0 Å². The molecule has 1 saturated heterocycles. The molecular formula is C34H41FN2O8. The fourth-order valence-corrected chi connectivity index (χ4v) is 4.09. The maximum atomic E-state index is 12.9. The number of ether oxygens (including phenoxy) is 7.